The molecule has 0 saturated heterocycles. The molecule has 0 radical (unpaired) electrons. The fourth-order valence-corrected chi connectivity index (χ4v) is 2.61. The summed E-state index contributed by atoms with van der Waals surface area (Å²) in [5.74, 6) is -0.175. The molecular weight excluding hydrogens is 349 g/mol. The van der Waals surface area contributed by atoms with Gasteiger partial charge in [-0.1, -0.05) is 18.2 Å². The Labute approximate surface area is 152 Å². The van der Waals surface area contributed by atoms with Crippen molar-refractivity contribution in [2.24, 2.45) is 0 Å². The molecule has 0 spiro atoms. The molecule has 0 fully saturated rings. The Morgan fingerprint density at radius 1 is 1.07 bits per heavy atom. The van der Waals surface area contributed by atoms with Gasteiger partial charge in [-0.05, 0) is 30.3 Å². The Hall–Kier alpha value is -4.01. The third kappa shape index (κ3) is 3.25. The van der Waals surface area contributed by atoms with Crippen LogP contribution in [0.25, 0.3) is 16.7 Å². The van der Waals surface area contributed by atoms with E-state index in [9.17, 15) is 9.18 Å². The van der Waals surface area contributed by atoms with Crippen LogP contribution < -0.4 is 16.4 Å². The van der Waals surface area contributed by atoms with Crippen LogP contribution in [-0.2, 0) is 0 Å². The first-order valence-electron chi connectivity index (χ1n) is 7.99. The van der Waals surface area contributed by atoms with Crippen LogP contribution in [0.15, 0.2) is 61.1 Å². The van der Waals surface area contributed by atoms with Crippen LogP contribution in [0.4, 0.5) is 26.4 Å². The number of halogens is 1. The van der Waals surface area contributed by atoms with Crippen LogP contribution in [0.2, 0.25) is 0 Å². The standard InChI is InChI=1S/C18H14FN7O/c19-14-6-1-2-7-15(14)25-18(27)24-11-4-3-5-12(8-11)26-17-13(9-23-26)16(20)21-10-22-17/h1-10H,(H2,20,21,22)(H2,24,25,27). The monoisotopic (exact) mass is 363 g/mol. The van der Waals surface area contributed by atoms with Crippen molar-refractivity contribution in [2.75, 3.05) is 16.4 Å². The van der Waals surface area contributed by atoms with Crippen LogP contribution >= 0.6 is 0 Å². The highest BCUT2D eigenvalue weighted by molar-refractivity contribution is 6.00. The van der Waals surface area contributed by atoms with Gasteiger partial charge in [-0.25, -0.2) is 23.8 Å². The molecule has 4 N–H and O–H groups in total. The lowest BCUT2D eigenvalue weighted by Gasteiger charge is -2.10. The lowest BCUT2D eigenvalue weighted by atomic mass is 10.2. The average molecular weight is 363 g/mol. The van der Waals surface area contributed by atoms with Crippen molar-refractivity contribution in [1.82, 2.24) is 19.7 Å². The number of nitrogen functional groups attached to an aromatic ring is 1. The maximum atomic E-state index is 13.6. The number of amides is 2. The number of para-hydroxylation sites is 1. The zero-order valence-corrected chi connectivity index (χ0v) is 13.9. The van der Waals surface area contributed by atoms with Gasteiger partial charge >= 0.3 is 6.03 Å². The van der Waals surface area contributed by atoms with Crippen molar-refractivity contribution >= 4 is 34.3 Å². The van der Waals surface area contributed by atoms with E-state index in [0.717, 1.165) is 0 Å². The summed E-state index contributed by atoms with van der Waals surface area (Å²) in [5, 5.41) is 10.0. The summed E-state index contributed by atoms with van der Waals surface area (Å²) in [4.78, 5) is 20.3. The largest absolute Gasteiger partial charge is 0.383 e. The maximum absolute atomic E-state index is 13.6. The number of nitrogens with zero attached hydrogens (tertiary/aromatic N) is 4. The van der Waals surface area contributed by atoms with E-state index in [1.165, 1.54) is 18.5 Å². The van der Waals surface area contributed by atoms with Gasteiger partial charge in [0.25, 0.3) is 0 Å². The SMILES string of the molecule is Nc1ncnc2c1cnn2-c1cccc(NC(=O)Nc2ccccc2F)c1. The lowest BCUT2D eigenvalue weighted by Crippen LogP contribution is -2.20. The summed E-state index contributed by atoms with van der Waals surface area (Å²) < 4.78 is 15.2. The average Bonchev–Trinajstić information content (AvgIpc) is 3.09. The first-order valence-corrected chi connectivity index (χ1v) is 7.99. The van der Waals surface area contributed by atoms with Crippen LogP contribution in [-0.4, -0.2) is 25.8 Å². The minimum absolute atomic E-state index is 0.0939. The molecule has 27 heavy (non-hydrogen) atoms. The summed E-state index contributed by atoms with van der Waals surface area (Å²) >= 11 is 0. The molecule has 4 rings (SSSR count). The molecule has 2 aromatic carbocycles. The van der Waals surface area contributed by atoms with Crippen molar-refractivity contribution in [1.29, 1.82) is 0 Å². The Kier molecular flexibility index (Phi) is 4.09. The van der Waals surface area contributed by atoms with E-state index >= 15 is 0 Å². The van der Waals surface area contributed by atoms with Crippen LogP contribution in [0, 0.1) is 5.82 Å². The molecule has 0 unspecified atom stereocenters. The minimum atomic E-state index is -0.561. The van der Waals surface area contributed by atoms with Gasteiger partial charge < -0.3 is 16.4 Å². The zero-order chi connectivity index (χ0) is 18.8. The highest BCUT2D eigenvalue weighted by Gasteiger charge is 2.11. The fraction of sp³-hybridized carbons (Fsp3) is 0. The van der Waals surface area contributed by atoms with E-state index in [1.54, 1.807) is 41.2 Å². The summed E-state index contributed by atoms with van der Waals surface area (Å²) in [6.07, 6.45) is 2.94. The van der Waals surface area contributed by atoms with E-state index in [0.29, 0.717) is 28.2 Å². The van der Waals surface area contributed by atoms with Crippen LogP contribution in [0.5, 0.6) is 0 Å². The van der Waals surface area contributed by atoms with Crippen molar-refractivity contribution in [3.8, 4) is 5.69 Å². The maximum Gasteiger partial charge on any atom is 0.323 e. The smallest absolute Gasteiger partial charge is 0.323 e. The van der Waals surface area contributed by atoms with E-state index in [1.807, 2.05) is 6.07 Å². The second kappa shape index (κ2) is 6.71. The highest BCUT2D eigenvalue weighted by atomic mass is 19.1. The topological polar surface area (TPSA) is 111 Å². The molecule has 0 saturated carbocycles. The lowest BCUT2D eigenvalue weighted by molar-refractivity contribution is 0.262. The molecule has 2 amide bonds. The highest BCUT2D eigenvalue weighted by Crippen LogP contribution is 2.21. The molecular formula is C18H14FN7O. The Morgan fingerprint density at radius 3 is 2.78 bits per heavy atom. The Bertz CT molecular complexity index is 1140. The van der Waals surface area contributed by atoms with Gasteiger partial charge in [-0.2, -0.15) is 5.10 Å². The number of rotatable bonds is 3. The third-order valence-electron chi connectivity index (χ3n) is 3.87. The molecule has 0 aliphatic rings. The van der Waals surface area contributed by atoms with Gasteiger partial charge in [0.1, 0.15) is 18.0 Å². The summed E-state index contributed by atoms with van der Waals surface area (Å²) in [6, 6.07) is 12.4. The molecule has 0 atom stereocenters. The molecule has 9 heteroatoms. The van der Waals surface area contributed by atoms with Gasteiger partial charge in [0, 0.05) is 5.69 Å². The van der Waals surface area contributed by atoms with Gasteiger partial charge in [0.05, 0.1) is 23.0 Å². The van der Waals surface area contributed by atoms with Crippen molar-refractivity contribution in [3.63, 3.8) is 0 Å². The quantitative estimate of drug-likeness (QED) is 0.518. The molecule has 134 valence electrons. The van der Waals surface area contributed by atoms with E-state index in [2.05, 4.69) is 25.7 Å². The van der Waals surface area contributed by atoms with Crippen molar-refractivity contribution < 1.29 is 9.18 Å². The number of hydrogen-bond donors (Lipinski definition) is 3. The molecule has 2 heterocycles. The number of carbonyl (C=O) groups is 1. The molecule has 8 nitrogen and oxygen atoms in total. The number of anilines is 3. The Morgan fingerprint density at radius 2 is 1.93 bits per heavy atom. The van der Waals surface area contributed by atoms with Crippen molar-refractivity contribution in [3.05, 3.63) is 66.9 Å². The van der Waals surface area contributed by atoms with Gasteiger partial charge in [0.2, 0.25) is 0 Å². The summed E-state index contributed by atoms with van der Waals surface area (Å²) in [6.45, 7) is 0. The summed E-state index contributed by atoms with van der Waals surface area (Å²) in [7, 11) is 0. The molecule has 2 aromatic heterocycles. The zero-order valence-electron chi connectivity index (χ0n) is 13.9. The number of nitrogens with one attached hydrogen (secondary N) is 2. The number of urea groups is 1. The van der Waals surface area contributed by atoms with E-state index in [-0.39, 0.29) is 5.69 Å². The van der Waals surface area contributed by atoms with Gasteiger partial charge in [-0.3, -0.25) is 0 Å². The van der Waals surface area contributed by atoms with Crippen molar-refractivity contribution in [2.45, 2.75) is 0 Å². The number of hydrogen-bond acceptors (Lipinski definition) is 5. The predicted octanol–water partition coefficient (Wildman–Crippen LogP) is 3.18. The van der Waals surface area contributed by atoms with E-state index in [4.69, 9.17) is 5.73 Å². The number of carbonyl (C=O) groups excluding carboxylic acids is 1. The van der Waals surface area contributed by atoms with Crippen LogP contribution in [0.3, 0.4) is 0 Å². The first kappa shape index (κ1) is 16.5. The van der Waals surface area contributed by atoms with Gasteiger partial charge in [0.15, 0.2) is 5.65 Å². The minimum Gasteiger partial charge on any atom is -0.383 e. The molecule has 0 aliphatic heterocycles. The number of fused-ring (bicyclic) bond motifs is 1. The normalized spacial score (nSPS) is 10.7. The fourth-order valence-electron chi connectivity index (χ4n) is 2.61. The number of benzene rings is 2. The number of nitrogens with two attached hydrogens (primary N) is 1. The third-order valence-corrected chi connectivity index (χ3v) is 3.87. The van der Waals surface area contributed by atoms with Crippen LogP contribution in [0.1, 0.15) is 0 Å². The van der Waals surface area contributed by atoms with Gasteiger partial charge in [-0.15, -0.1) is 0 Å². The Balaban J connectivity index is 1.58. The number of aromatic nitrogens is 4. The predicted molar refractivity (Wildman–Crippen MR) is 100 cm³/mol. The second-order valence-corrected chi connectivity index (χ2v) is 5.66. The first-order chi connectivity index (χ1) is 13.1. The molecule has 0 bridgehead atoms. The molecule has 0 aliphatic carbocycles. The summed E-state index contributed by atoms with van der Waals surface area (Å²) in [5.41, 5.74) is 7.65. The van der Waals surface area contributed by atoms with E-state index < -0.39 is 11.8 Å². The molecule has 4 aromatic rings. The second-order valence-electron chi connectivity index (χ2n) is 5.66.